The Kier molecular flexibility index (Phi) is 4.08. The third kappa shape index (κ3) is 3.17. The molecule has 0 amide bonds. The predicted molar refractivity (Wildman–Crippen MR) is 86.8 cm³/mol. The molecule has 0 N–H and O–H groups in total. The summed E-state index contributed by atoms with van der Waals surface area (Å²) in [5.41, 5.74) is 0.989. The number of aromatic nitrogens is 2. The number of piperazine rings is 1. The van der Waals surface area contributed by atoms with Crippen LogP contribution >= 0.6 is 11.6 Å². The minimum Gasteiger partial charge on any atom is -0.351 e. The highest BCUT2D eigenvalue weighted by Crippen LogP contribution is 2.24. The van der Waals surface area contributed by atoms with E-state index in [-0.39, 0.29) is 0 Å². The fourth-order valence-electron chi connectivity index (χ4n) is 2.75. The van der Waals surface area contributed by atoms with E-state index in [1.807, 2.05) is 36.4 Å². The maximum Gasteiger partial charge on any atom is 0.163 e. The molecule has 0 radical (unpaired) electrons. The second-order valence-corrected chi connectivity index (χ2v) is 5.93. The highest BCUT2D eigenvalue weighted by Gasteiger charge is 2.23. The van der Waals surface area contributed by atoms with Crippen molar-refractivity contribution in [1.29, 1.82) is 0 Å². The topological polar surface area (TPSA) is 32.3 Å². The van der Waals surface area contributed by atoms with Gasteiger partial charge in [0.25, 0.3) is 0 Å². The van der Waals surface area contributed by atoms with Crippen LogP contribution in [0.5, 0.6) is 0 Å². The number of hydrogen-bond donors (Lipinski definition) is 0. The van der Waals surface area contributed by atoms with Gasteiger partial charge in [0, 0.05) is 37.3 Å². The number of nitrogens with zero attached hydrogens (tertiary/aromatic N) is 4. The van der Waals surface area contributed by atoms with Crippen molar-refractivity contribution in [3.05, 3.63) is 41.6 Å². The Labute approximate surface area is 130 Å². The number of benzene rings is 1. The van der Waals surface area contributed by atoms with Crippen molar-refractivity contribution in [2.75, 3.05) is 31.6 Å². The van der Waals surface area contributed by atoms with Gasteiger partial charge in [0.1, 0.15) is 11.0 Å². The Balaban J connectivity index is 1.95. The Morgan fingerprint density at radius 1 is 1.14 bits per heavy atom. The molecule has 1 aromatic heterocycles. The summed E-state index contributed by atoms with van der Waals surface area (Å²) in [7, 11) is 2.15. The molecule has 1 saturated heterocycles. The molecule has 0 saturated carbocycles. The average Bonchev–Trinajstić information content (AvgIpc) is 2.47. The summed E-state index contributed by atoms with van der Waals surface area (Å²) in [6.45, 7) is 5.24. The van der Waals surface area contributed by atoms with E-state index in [0.29, 0.717) is 17.0 Å². The Hall–Kier alpha value is -1.65. The number of anilines is 1. The summed E-state index contributed by atoms with van der Waals surface area (Å²) in [4.78, 5) is 13.7. The summed E-state index contributed by atoms with van der Waals surface area (Å²) in [5.74, 6) is 1.60. The molecular formula is C16H19ClN4. The van der Waals surface area contributed by atoms with Crippen molar-refractivity contribution in [2.45, 2.75) is 13.0 Å². The minimum absolute atomic E-state index is 0.415. The zero-order chi connectivity index (χ0) is 14.8. The first-order valence-corrected chi connectivity index (χ1v) is 7.56. The van der Waals surface area contributed by atoms with E-state index < -0.39 is 0 Å². The van der Waals surface area contributed by atoms with Gasteiger partial charge in [-0.2, -0.15) is 0 Å². The van der Waals surface area contributed by atoms with Crippen molar-refractivity contribution in [3.63, 3.8) is 0 Å². The summed E-state index contributed by atoms with van der Waals surface area (Å²) in [6, 6.07) is 12.2. The van der Waals surface area contributed by atoms with E-state index in [1.165, 1.54) is 0 Å². The molecule has 1 aliphatic heterocycles. The fourth-order valence-corrected chi connectivity index (χ4v) is 2.93. The number of likely N-dealkylation sites (N-methyl/N-ethyl adjacent to an activating group) is 1. The molecule has 0 bridgehead atoms. The van der Waals surface area contributed by atoms with Gasteiger partial charge in [-0.15, -0.1) is 0 Å². The van der Waals surface area contributed by atoms with Crippen LogP contribution < -0.4 is 4.90 Å². The zero-order valence-corrected chi connectivity index (χ0v) is 13.1. The van der Waals surface area contributed by atoms with E-state index in [1.54, 1.807) is 0 Å². The van der Waals surface area contributed by atoms with Gasteiger partial charge < -0.3 is 9.80 Å². The molecule has 5 heteroatoms. The average molecular weight is 303 g/mol. The van der Waals surface area contributed by atoms with E-state index in [0.717, 1.165) is 31.0 Å². The third-order valence-electron chi connectivity index (χ3n) is 3.84. The van der Waals surface area contributed by atoms with Crippen molar-refractivity contribution in [1.82, 2.24) is 14.9 Å². The van der Waals surface area contributed by atoms with Gasteiger partial charge in [-0.1, -0.05) is 41.9 Å². The molecule has 2 heterocycles. The smallest absolute Gasteiger partial charge is 0.163 e. The van der Waals surface area contributed by atoms with E-state index in [2.05, 4.69) is 28.8 Å². The summed E-state index contributed by atoms with van der Waals surface area (Å²) < 4.78 is 0. The van der Waals surface area contributed by atoms with Gasteiger partial charge in [-0.05, 0) is 14.0 Å². The maximum absolute atomic E-state index is 6.21. The number of halogens is 1. The van der Waals surface area contributed by atoms with Crippen molar-refractivity contribution in [3.8, 4) is 11.4 Å². The van der Waals surface area contributed by atoms with Crippen molar-refractivity contribution in [2.24, 2.45) is 0 Å². The van der Waals surface area contributed by atoms with E-state index in [4.69, 9.17) is 16.6 Å². The highest BCUT2D eigenvalue weighted by molar-refractivity contribution is 6.29. The van der Waals surface area contributed by atoms with E-state index in [9.17, 15) is 0 Å². The van der Waals surface area contributed by atoms with Gasteiger partial charge in [0.05, 0.1) is 0 Å². The van der Waals surface area contributed by atoms with Gasteiger partial charge in [0.15, 0.2) is 5.82 Å². The van der Waals surface area contributed by atoms with Crippen LogP contribution in [-0.2, 0) is 0 Å². The van der Waals surface area contributed by atoms with Crippen LogP contribution in [0.15, 0.2) is 36.4 Å². The molecular weight excluding hydrogens is 284 g/mol. The van der Waals surface area contributed by atoms with Crippen LogP contribution in [0.25, 0.3) is 11.4 Å². The largest absolute Gasteiger partial charge is 0.351 e. The first kappa shape index (κ1) is 14.3. The molecule has 0 spiro atoms. The minimum atomic E-state index is 0.415. The molecule has 1 aliphatic rings. The van der Waals surface area contributed by atoms with Crippen LogP contribution in [0.3, 0.4) is 0 Å². The SMILES string of the molecule is CC1CN(C)CCN1c1cc(Cl)nc(-c2ccccc2)n1. The number of rotatable bonds is 2. The molecule has 2 aromatic rings. The van der Waals surface area contributed by atoms with Crippen molar-refractivity contribution < 1.29 is 0 Å². The second-order valence-electron chi connectivity index (χ2n) is 5.54. The van der Waals surface area contributed by atoms with Crippen LogP contribution in [-0.4, -0.2) is 47.6 Å². The Morgan fingerprint density at radius 3 is 2.62 bits per heavy atom. The lowest BCUT2D eigenvalue weighted by molar-refractivity contribution is 0.274. The Bertz CT molecular complexity index is 617. The van der Waals surface area contributed by atoms with Gasteiger partial charge in [-0.25, -0.2) is 9.97 Å². The summed E-state index contributed by atoms with van der Waals surface area (Å²) in [6.07, 6.45) is 0. The maximum atomic E-state index is 6.21. The lowest BCUT2D eigenvalue weighted by Gasteiger charge is -2.39. The molecule has 110 valence electrons. The van der Waals surface area contributed by atoms with Crippen LogP contribution in [0.1, 0.15) is 6.92 Å². The Morgan fingerprint density at radius 2 is 1.90 bits per heavy atom. The van der Waals surface area contributed by atoms with Crippen LogP contribution in [0, 0.1) is 0 Å². The molecule has 1 atom stereocenters. The molecule has 4 nitrogen and oxygen atoms in total. The highest BCUT2D eigenvalue weighted by atomic mass is 35.5. The third-order valence-corrected chi connectivity index (χ3v) is 4.03. The molecule has 3 rings (SSSR count). The van der Waals surface area contributed by atoms with Crippen molar-refractivity contribution >= 4 is 17.4 Å². The first-order chi connectivity index (χ1) is 10.1. The van der Waals surface area contributed by atoms with Gasteiger partial charge in [0.2, 0.25) is 0 Å². The van der Waals surface area contributed by atoms with Crippen LogP contribution in [0.2, 0.25) is 5.15 Å². The zero-order valence-electron chi connectivity index (χ0n) is 12.3. The number of hydrogen-bond acceptors (Lipinski definition) is 4. The normalized spacial score (nSPS) is 19.8. The standard InChI is InChI=1S/C16H19ClN4/c1-12-11-20(2)8-9-21(12)15-10-14(17)18-16(19-15)13-6-4-3-5-7-13/h3-7,10,12H,8-9,11H2,1-2H3. The second kappa shape index (κ2) is 6.00. The molecule has 0 aliphatic carbocycles. The fraction of sp³-hybridized carbons (Fsp3) is 0.375. The first-order valence-electron chi connectivity index (χ1n) is 7.18. The lowest BCUT2D eigenvalue weighted by Crippen LogP contribution is -2.50. The molecule has 21 heavy (non-hydrogen) atoms. The lowest BCUT2D eigenvalue weighted by atomic mass is 10.2. The summed E-state index contributed by atoms with van der Waals surface area (Å²) >= 11 is 6.21. The quantitative estimate of drug-likeness (QED) is 0.799. The molecule has 1 aromatic carbocycles. The van der Waals surface area contributed by atoms with Gasteiger partial charge in [-0.3, -0.25) is 0 Å². The summed E-state index contributed by atoms with van der Waals surface area (Å²) in [5, 5.41) is 0.491. The molecule has 1 fully saturated rings. The van der Waals surface area contributed by atoms with E-state index >= 15 is 0 Å². The van der Waals surface area contributed by atoms with Gasteiger partial charge >= 0.3 is 0 Å². The predicted octanol–water partition coefficient (Wildman–Crippen LogP) is 2.94. The monoisotopic (exact) mass is 302 g/mol. The van der Waals surface area contributed by atoms with Crippen LogP contribution in [0.4, 0.5) is 5.82 Å². The molecule has 1 unspecified atom stereocenters.